The van der Waals surface area contributed by atoms with Gasteiger partial charge in [0.05, 0.1) is 10.6 Å². The summed E-state index contributed by atoms with van der Waals surface area (Å²) in [5.74, 6) is -0.795. The van der Waals surface area contributed by atoms with Crippen LogP contribution in [0.4, 0.5) is 11.4 Å². The van der Waals surface area contributed by atoms with Gasteiger partial charge in [-0.25, -0.2) is 0 Å². The van der Waals surface area contributed by atoms with Gasteiger partial charge in [0.25, 0.3) is 17.7 Å². The Morgan fingerprint density at radius 3 is 2.48 bits per heavy atom. The van der Waals surface area contributed by atoms with Crippen LogP contribution < -0.4 is 10.6 Å². The van der Waals surface area contributed by atoms with E-state index in [9.17, 15) is 14.4 Å². The van der Waals surface area contributed by atoms with Crippen molar-refractivity contribution in [3.05, 3.63) is 58.6 Å². The molecule has 7 nitrogen and oxygen atoms in total. The topological polar surface area (TPSA) is 87.7 Å². The predicted molar refractivity (Wildman–Crippen MR) is 111 cm³/mol. The van der Waals surface area contributed by atoms with Crippen molar-refractivity contribution >= 4 is 40.7 Å². The summed E-state index contributed by atoms with van der Waals surface area (Å²) in [6, 6.07) is 11.3. The molecule has 29 heavy (non-hydrogen) atoms. The van der Waals surface area contributed by atoms with Crippen LogP contribution >= 0.6 is 11.6 Å². The molecule has 1 unspecified atom stereocenters. The van der Waals surface area contributed by atoms with Gasteiger partial charge in [0.1, 0.15) is 6.10 Å². The molecule has 3 rings (SSSR count). The third-order valence-corrected chi connectivity index (χ3v) is 4.79. The Balaban J connectivity index is 1.68. The van der Waals surface area contributed by atoms with Gasteiger partial charge in [0.2, 0.25) is 0 Å². The maximum absolute atomic E-state index is 12.6. The average molecular weight is 416 g/mol. The van der Waals surface area contributed by atoms with Crippen LogP contribution in [0.3, 0.4) is 0 Å². The molecule has 0 radical (unpaired) electrons. The molecule has 0 bridgehead atoms. The van der Waals surface area contributed by atoms with E-state index < -0.39 is 6.10 Å². The van der Waals surface area contributed by atoms with Gasteiger partial charge in [-0.2, -0.15) is 0 Å². The molecule has 152 valence electrons. The number of amides is 3. The van der Waals surface area contributed by atoms with E-state index in [-0.39, 0.29) is 22.7 Å². The number of nitrogens with one attached hydrogen (secondary N) is 2. The second kappa shape index (κ2) is 9.07. The predicted octanol–water partition coefficient (Wildman–Crippen LogP) is 3.41. The van der Waals surface area contributed by atoms with E-state index in [1.165, 1.54) is 11.0 Å². The van der Waals surface area contributed by atoms with E-state index >= 15 is 0 Å². The number of benzene rings is 2. The molecular formula is C21H22ClN3O4. The summed E-state index contributed by atoms with van der Waals surface area (Å²) in [6.07, 6.45) is 1.11. The number of hydrogen-bond acceptors (Lipinski definition) is 4. The molecule has 3 amide bonds. The van der Waals surface area contributed by atoms with Crippen molar-refractivity contribution in [3.63, 3.8) is 0 Å². The quantitative estimate of drug-likeness (QED) is 0.783. The summed E-state index contributed by atoms with van der Waals surface area (Å²) in [5.41, 5.74) is 1.71. The van der Waals surface area contributed by atoms with Crippen LogP contribution in [0, 0.1) is 0 Å². The molecule has 1 aliphatic rings. The summed E-state index contributed by atoms with van der Waals surface area (Å²) in [4.78, 5) is 38.2. The van der Waals surface area contributed by atoms with Crippen molar-refractivity contribution in [1.82, 2.24) is 4.90 Å². The zero-order chi connectivity index (χ0) is 21.0. The van der Waals surface area contributed by atoms with Gasteiger partial charge in [-0.05, 0) is 49.2 Å². The molecule has 2 N–H and O–H groups in total. The fourth-order valence-electron chi connectivity index (χ4n) is 2.96. The minimum atomic E-state index is -0.446. The Morgan fingerprint density at radius 1 is 1.07 bits per heavy atom. The van der Waals surface area contributed by atoms with Crippen LogP contribution in [0.25, 0.3) is 0 Å². The monoisotopic (exact) mass is 415 g/mol. The van der Waals surface area contributed by atoms with Crippen LogP contribution in [0.5, 0.6) is 0 Å². The van der Waals surface area contributed by atoms with E-state index in [0.29, 0.717) is 35.5 Å². The summed E-state index contributed by atoms with van der Waals surface area (Å²) in [6.45, 7) is 0.585. The highest BCUT2D eigenvalue weighted by atomic mass is 35.5. The highest BCUT2D eigenvalue weighted by Gasteiger charge is 2.23. The molecule has 0 spiro atoms. The van der Waals surface area contributed by atoms with Crippen LogP contribution in [0.1, 0.15) is 33.6 Å². The first-order chi connectivity index (χ1) is 13.8. The van der Waals surface area contributed by atoms with E-state index in [2.05, 4.69) is 10.6 Å². The van der Waals surface area contributed by atoms with Crippen molar-refractivity contribution in [3.8, 4) is 0 Å². The molecule has 2 aromatic rings. The molecule has 1 fully saturated rings. The Bertz CT molecular complexity index is 939. The first-order valence-electron chi connectivity index (χ1n) is 9.20. The highest BCUT2D eigenvalue weighted by Crippen LogP contribution is 2.23. The van der Waals surface area contributed by atoms with Gasteiger partial charge in [-0.15, -0.1) is 0 Å². The Kier molecular flexibility index (Phi) is 6.51. The second-order valence-electron chi connectivity index (χ2n) is 6.92. The molecule has 2 aromatic carbocycles. The molecule has 0 aliphatic carbocycles. The van der Waals surface area contributed by atoms with Crippen LogP contribution in [-0.4, -0.2) is 49.4 Å². The van der Waals surface area contributed by atoms with Gasteiger partial charge < -0.3 is 20.3 Å². The van der Waals surface area contributed by atoms with E-state index in [4.69, 9.17) is 16.3 Å². The SMILES string of the molecule is CN(C)C(=O)c1ccc(NC(=O)c2cccc(NC(=O)C3CCCO3)c2)cc1Cl. The summed E-state index contributed by atoms with van der Waals surface area (Å²) < 4.78 is 5.37. The number of rotatable bonds is 5. The van der Waals surface area contributed by atoms with Gasteiger partial charge in [-0.1, -0.05) is 17.7 Å². The number of carbonyl (C=O) groups is 3. The van der Waals surface area contributed by atoms with Crippen LogP contribution in [-0.2, 0) is 9.53 Å². The molecular weight excluding hydrogens is 394 g/mol. The summed E-state index contributed by atoms with van der Waals surface area (Å²) in [7, 11) is 3.28. The third-order valence-electron chi connectivity index (χ3n) is 4.48. The molecule has 1 atom stereocenters. The Hall–Kier alpha value is -2.90. The Labute approximate surface area is 174 Å². The first-order valence-corrected chi connectivity index (χ1v) is 9.58. The van der Waals surface area contributed by atoms with Gasteiger partial charge in [0.15, 0.2) is 0 Å². The number of hydrogen-bond donors (Lipinski definition) is 2. The fraction of sp³-hybridized carbons (Fsp3) is 0.286. The lowest BCUT2D eigenvalue weighted by Crippen LogP contribution is -2.27. The number of halogens is 1. The lowest BCUT2D eigenvalue weighted by molar-refractivity contribution is -0.124. The van der Waals surface area contributed by atoms with E-state index in [0.717, 1.165) is 6.42 Å². The number of anilines is 2. The van der Waals surface area contributed by atoms with E-state index in [1.54, 1.807) is 50.5 Å². The van der Waals surface area contributed by atoms with Crippen molar-refractivity contribution in [1.29, 1.82) is 0 Å². The minimum Gasteiger partial charge on any atom is -0.368 e. The number of carbonyl (C=O) groups excluding carboxylic acids is 3. The largest absolute Gasteiger partial charge is 0.368 e. The van der Waals surface area contributed by atoms with Crippen LogP contribution in [0.2, 0.25) is 5.02 Å². The molecule has 1 saturated heterocycles. The van der Waals surface area contributed by atoms with Gasteiger partial charge >= 0.3 is 0 Å². The van der Waals surface area contributed by atoms with Gasteiger partial charge in [0, 0.05) is 37.6 Å². The number of ether oxygens (including phenoxy) is 1. The maximum atomic E-state index is 12.6. The fourth-order valence-corrected chi connectivity index (χ4v) is 3.22. The first kappa shape index (κ1) is 20.8. The standard InChI is InChI=1S/C21H22ClN3O4/c1-25(2)21(28)16-9-8-15(12-17(16)22)23-19(26)13-5-3-6-14(11-13)24-20(27)18-7-4-10-29-18/h3,5-6,8-9,11-12,18H,4,7,10H2,1-2H3,(H,23,26)(H,24,27). The summed E-state index contributed by atoms with van der Waals surface area (Å²) >= 11 is 6.18. The smallest absolute Gasteiger partial charge is 0.255 e. The molecule has 0 saturated carbocycles. The maximum Gasteiger partial charge on any atom is 0.255 e. The third kappa shape index (κ3) is 5.13. The second-order valence-corrected chi connectivity index (χ2v) is 7.33. The normalized spacial score (nSPS) is 15.6. The van der Waals surface area contributed by atoms with Crippen molar-refractivity contribution in [2.75, 3.05) is 31.3 Å². The Morgan fingerprint density at radius 2 is 1.83 bits per heavy atom. The molecule has 8 heteroatoms. The van der Waals surface area contributed by atoms with Crippen molar-refractivity contribution in [2.45, 2.75) is 18.9 Å². The minimum absolute atomic E-state index is 0.215. The molecule has 0 aromatic heterocycles. The highest BCUT2D eigenvalue weighted by molar-refractivity contribution is 6.34. The lowest BCUT2D eigenvalue weighted by Gasteiger charge is -2.13. The molecule has 1 aliphatic heterocycles. The van der Waals surface area contributed by atoms with E-state index in [1.807, 2.05) is 0 Å². The van der Waals surface area contributed by atoms with Crippen LogP contribution in [0.15, 0.2) is 42.5 Å². The number of nitrogens with zero attached hydrogens (tertiary/aromatic N) is 1. The zero-order valence-corrected chi connectivity index (χ0v) is 17.0. The average Bonchev–Trinajstić information content (AvgIpc) is 3.23. The zero-order valence-electron chi connectivity index (χ0n) is 16.2. The lowest BCUT2D eigenvalue weighted by atomic mass is 10.1. The molecule has 1 heterocycles. The van der Waals surface area contributed by atoms with Gasteiger partial charge in [-0.3, -0.25) is 14.4 Å². The van der Waals surface area contributed by atoms with Crippen molar-refractivity contribution < 1.29 is 19.1 Å². The van der Waals surface area contributed by atoms with Crippen molar-refractivity contribution in [2.24, 2.45) is 0 Å². The summed E-state index contributed by atoms with van der Waals surface area (Å²) in [5, 5.41) is 5.77.